The van der Waals surface area contributed by atoms with Crippen molar-refractivity contribution in [2.75, 3.05) is 33.2 Å². The number of benzene rings is 1. The third-order valence-electron chi connectivity index (χ3n) is 5.27. The number of ether oxygens (including phenoxy) is 1. The second-order valence-corrected chi connectivity index (χ2v) is 7.23. The number of hydrogen-bond acceptors (Lipinski definition) is 4. The topological polar surface area (TPSA) is 68.6 Å². The highest BCUT2D eigenvalue weighted by Gasteiger charge is 2.35. The number of rotatable bonds is 3. The Morgan fingerprint density at radius 3 is 2.73 bits per heavy atom. The van der Waals surface area contributed by atoms with Crippen molar-refractivity contribution in [1.29, 1.82) is 0 Å². The molecule has 3 N–H and O–H groups in total. The number of allylic oxidation sites excluding steroid dienone is 1. The lowest BCUT2D eigenvalue weighted by atomic mass is 9.99. The van der Waals surface area contributed by atoms with Crippen LogP contribution in [0.15, 0.2) is 34.6 Å². The summed E-state index contributed by atoms with van der Waals surface area (Å²) >= 11 is 0. The molecule has 136 valence electrons. The zero-order valence-corrected chi connectivity index (χ0v) is 15.1. The number of piperazine rings is 1. The molecule has 0 spiro atoms. The van der Waals surface area contributed by atoms with Crippen LogP contribution in [0.5, 0.6) is 11.5 Å². The highest BCUT2D eigenvalue weighted by atomic mass is 16.5. The number of likely N-dealkylation sites (N-methyl/N-ethyl adjacent to an activating group) is 1. The summed E-state index contributed by atoms with van der Waals surface area (Å²) in [5, 5.41) is 10.5. The monoisotopic (exact) mass is 356 g/mol. The van der Waals surface area contributed by atoms with Gasteiger partial charge in [0.2, 0.25) is 5.78 Å². The van der Waals surface area contributed by atoms with E-state index in [1.165, 1.54) is 9.80 Å². The van der Waals surface area contributed by atoms with E-state index in [9.17, 15) is 9.90 Å². The number of furan rings is 1. The number of ketones is 1. The molecule has 1 fully saturated rings. The van der Waals surface area contributed by atoms with Crippen molar-refractivity contribution in [3.8, 4) is 11.5 Å². The van der Waals surface area contributed by atoms with Crippen LogP contribution in [0.4, 0.5) is 0 Å². The van der Waals surface area contributed by atoms with Gasteiger partial charge in [-0.2, -0.15) is 0 Å². The number of carbonyl (C=O) groups excluding carboxylic acids is 1. The molecule has 6 heteroatoms. The van der Waals surface area contributed by atoms with E-state index in [0.717, 1.165) is 37.3 Å². The average molecular weight is 356 g/mol. The van der Waals surface area contributed by atoms with Crippen molar-refractivity contribution in [2.24, 2.45) is 0 Å². The first-order valence-electron chi connectivity index (χ1n) is 9.01. The molecule has 2 aliphatic rings. The predicted octanol–water partition coefficient (Wildman–Crippen LogP) is -0.177. The van der Waals surface area contributed by atoms with Crippen molar-refractivity contribution in [3.05, 3.63) is 52.7 Å². The smallest absolute Gasteiger partial charge is 0.232 e. The summed E-state index contributed by atoms with van der Waals surface area (Å²) in [6.07, 6.45) is 3.16. The van der Waals surface area contributed by atoms with Crippen molar-refractivity contribution < 1.29 is 28.9 Å². The van der Waals surface area contributed by atoms with Crippen LogP contribution in [0.25, 0.3) is 6.08 Å². The fraction of sp³-hybridized carbons (Fsp3) is 0.350. The Kier molecular flexibility index (Phi) is 4.30. The number of carbonyl (C=O) groups is 1. The van der Waals surface area contributed by atoms with Gasteiger partial charge < -0.3 is 24.1 Å². The molecule has 1 saturated heterocycles. The Hall–Kier alpha value is -2.57. The second-order valence-electron chi connectivity index (χ2n) is 7.23. The van der Waals surface area contributed by atoms with Crippen LogP contribution >= 0.6 is 0 Å². The largest absolute Gasteiger partial charge is 0.507 e. The molecule has 0 aliphatic carbocycles. The summed E-state index contributed by atoms with van der Waals surface area (Å²) in [4.78, 5) is 15.7. The maximum Gasteiger partial charge on any atom is 0.232 e. The Bertz CT molecular complexity index is 862. The maximum atomic E-state index is 12.8. The number of phenolic OH excluding ortho intramolecular Hbond substituents is 1. The molecule has 2 aromatic rings. The van der Waals surface area contributed by atoms with Gasteiger partial charge in [0.25, 0.3) is 0 Å². The lowest BCUT2D eigenvalue weighted by Gasteiger charge is -2.27. The van der Waals surface area contributed by atoms with Crippen LogP contribution in [0.3, 0.4) is 0 Å². The van der Waals surface area contributed by atoms with Crippen LogP contribution in [0, 0.1) is 6.92 Å². The zero-order valence-electron chi connectivity index (χ0n) is 15.1. The number of aromatic hydroxyl groups is 1. The van der Waals surface area contributed by atoms with E-state index in [1.807, 2.05) is 6.92 Å². The third kappa shape index (κ3) is 3.02. The minimum Gasteiger partial charge on any atom is -0.507 e. The van der Waals surface area contributed by atoms with Crippen LogP contribution in [0.1, 0.15) is 27.2 Å². The van der Waals surface area contributed by atoms with E-state index in [4.69, 9.17) is 9.15 Å². The summed E-state index contributed by atoms with van der Waals surface area (Å²) in [5.41, 5.74) is 2.00. The van der Waals surface area contributed by atoms with E-state index < -0.39 is 0 Å². The summed E-state index contributed by atoms with van der Waals surface area (Å²) in [6.45, 7) is 6.77. The highest BCUT2D eigenvalue weighted by Crippen LogP contribution is 2.41. The fourth-order valence-corrected chi connectivity index (χ4v) is 3.71. The molecule has 0 saturated carbocycles. The first-order valence-corrected chi connectivity index (χ1v) is 9.01. The van der Waals surface area contributed by atoms with Gasteiger partial charge in [0.05, 0.1) is 24.4 Å². The van der Waals surface area contributed by atoms with Crippen molar-refractivity contribution >= 4 is 11.9 Å². The number of hydrogen-bond donors (Lipinski definition) is 3. The lowest BCUT2D eigenvalue weighted by Crippen LogP contribution is -3.26. The van der Waals surface area contributed by atoms with Gasteiger partial charge in [-0.05, 0) is 30.7 Å². The van der Waals surface area contributed by atoms with E-state index in [2.05, 4.69) is 7.05 Å². The Morgan fingerprint density at radius 2 is 2.04 bits per heavy atom. The number of phenols is 1. The molecule has 6 nitrogen and oxygen atoms in total. The number of aryl methyl sites for hydroxylation is 1. The first-order chi connectivity index (χ1) is 12.5. The SMILES string of the molecule is Cc1cc(O)c(C[NH+]2CC[NH+](C)CC2)c2c1C(=O)/C(=C/c1ccco1)O2. The van der Waals surface area contributed by atoms with Crippen molar-refractivity contribution in [2.45, 2.75) is 13.5 Å². The summed E-state index contributed by atoms with van der Waals surface area (Å²) in [7, 11) is 2.20. The van der Waals surface area contributed by atoms with Crippen LogP contribution in [-0.2, 0) is 6.54 Å². The number of fused-ring (bicyclic) bond motifs is 1. The number of Topliss-reactive ketones (excluding diaryl/α,β-unsaturated/α-hetero) is 1. The fourth-order valence-electron chi connectivity index (χ4n) is 3.71. The van der Waals surface area contributed by atoms with Gasteiger partial charge >= 0.3 is 0 Å². The molecule has 0 unspecified atom stereocenters. The minimum absolute atomic E-state index is 0.159. The predicted molar refractivity (Wildman–Crippen MR) is 95.5 cm³/mol. The molecular formula is C20H24N2O4+2. The maximum absolute atomic E-state index is 12.8. The molecule has 0 bridgehead atoms. The van der Waals surface area contributed by atoms with Crippen molar-refractivity contribution in [1.82, 2.24) is 0 Å². The van der Waals surface area contributed by atoms with Crippen LogP contribution in [-0.4, -0.2) is 44.1 Å². The first kappa shape index (κ1) is 16.9. The van der Waals surface area contributed by atoms with Gasteiger partial charge in [-0.25, -0.2) is 0 Å². The summed E-state index contributed by atoms with van der Waals surface area (Å²) in [5.74, 6) is 1.35. The van der Waals surface area contributed by atoms with Gasteiger partial charge in [0.1, 0.15) is 44.2 Å². The minimum atomic E-state index is -0.159. The number of nitrogens with one attached hydrogen (secondary N) is 2. The molecule has 0 amide bonds. The number of quaternary nitrogens is 2. The van der Waals surface area contributed by atoms with Crippen LogP contribution in [0.2, 0.25) is 0 Å². The molecule has 0 atom stereocenters. The normalized spacial score (nSPS) is 23.9. The van der Waals surface area contributed by atoms with Crippen molar-refractivity contribution in [3.63, 3.8) is 0 Å². The molecule has 1 aromatic heterocycles. The Labute approximate surface area is 152 Å². The van der Waals surface area contributed by atoms with Gasteiger partial charge in [-0.1, -0.05) is 0 Å². The lowest BCUT2D eigenvalue weighted by molar-refractivity contribution is -1.01. The quantitative estimate of drug-likeness (QED) is 0.668. The van der Waals surface area contributed by atoms with Gasteiger partial charge in [0.15, 0.2) is 11.5 Å². The second kappa shape index (κ2) is 6.63. The molecule has 0 radical (unpaired) electrons. The van der Waals surface area contributed by atoms with E-state index >= 15 is 0 Å². The molecule has 1 aromatic carbocycles. The van der Waals surface area contributed by atoms with Gasteiger partial charge in [-0.3, -0.25) is 4.79 Å². The molecule has 4 rings (SSSR count). The molecule has 2 aliphatic heterocycles. The zero-order chi connectivity index (χ0) is 18.3. The molecule has 26 heavy (non-hydrogen) atoms. The van der Waals surface area contributed by atoms with Gasteiger partial charge in [-0.15, -0.1) is 0 Å². The third-order valence-corrected chi connectivity index (χ3v) is 5.27. The van der Waals surface area contributed by atoms with Gasteiger partial charge in [0, 0.05) is 6.08 Å². The van der Waals surface area contributed by atoms with E-state index in [1.54, 1.807) is 30.5 Å². The average Bonchev–Trinajstić information content (AvgIpc) is 3.22. The molecular weight excluding hydrogens is 332 g/mol. The van der Waals surface area contributed by atoms with Crippen LogP contribution < -0.4 is 14.5 Å². The summed E-state index contributed by atoms with van der Waals surface area (Å²) < 4.78 is 11.2. The molecule has 3 heterocycles. The Balaban J connectivity index is 1.67. The standard InChI is InChI=1S/C20H22N2O4/c1-13-10-16(23)15(12-22-7-5-21(2)6-8-22)20-18(13)19(24)17(26-20)11-14-4-3-9-25-14/h3-4,9-11,23H,5-8,12H2,1-2H3/p+2/b17-11-. The van der Waals surface area contributed by atoms with E-state index in [-0.39, 0.29) is 17.3 Å². The van der Waals surface area contributed by atoms with E-state index in [0.29, 0.717) is 23.6 Å². The summed E-state index contributed by atoms with van der Waals surface area (Å²) in [6, 6.07) is 5.21. The Morgan fingerprint density at radius 1 is 1.27 bits per heavy atom. The highest BCUT2D eigenvalue weighted by molar-refractivity contribution is 6.15.